The van der Waals surface area contributed by atoms with E-state index in [9.17, 15) is 4.79 Å². The lowest BCUT2D eigenvalue weighted by Gasteiger charge is -2.34. The van der Waals surface area contributed by atoms with Crippen molar-refractivity contribution in [1.29, 1.82) is 0 Å². The van der Waals surface area contributed by atoms with E-state index in [-0.39, 0.29) is 5.91 Å². The van der Waals surface area contributed by atoms with Crippen molar-refractivity contribution in [1.82, 2.24) is 4.90 Å². The Morgan fingerprint density at radius 3 is 3.05 bits per heavy atom. The molecule has 1 aromatic carbocycles. The summed E-state index contributed by atoms with van der Waals surface area (Å²) in [5.41, 5.74) is 0.989. The predicted octanol–water partition coefficient (Wildman–Crippen LogP) is 3.50. The van der Waals surface area contributed by atoms with Crippen LogP contribution in [0.1, 0.15) is 38.2 Å². The average Bonchev–Trinajstić information content (AvgIpc) is 2.52. The lowest BCUT2D eigenvalue weighted by molar-refractivity contribution is -0.129. The topological polar surface area (TPSA) is 29.5 Å². The van der Waals surface area contributed by atoms with Crippen LogP contribution in [0.4, 0.5) is 0 Å². The Labute approximate surface area is 121 Å². The van der Waals surface area contributed by atoms with Crippen molar-refractivity contribution in [2.45, 2.75) is 38.6 Å². The molecule has 0 aliphatic carbocycles. The van der Waals surface area contributed by atoms with Crippen molar-refractivity contribution >= 4 is 12.0 Å². The van der Waals surface area contributed by atoms with Crippen LogP contribution >= 0.6 is 0 Å². The quantitative estimate of drug-likeness (QED) is 0.786. The fourth-order valence-corrected chi connectivity index (χ4v) is 2.72. The highest BCUT2D eigenvalue weighted by Crippen LogP contribution is 2.20. The van der Waals surface area contributed by atoms with E-state index in [4.69, 9.17) is 4.74 Å². The summed E-state index contributed by atoms with van der Waals surface area (Å²) in [4.78, 5) is 14.3. The van der Waals surface area contributed by atoms with Gasteiger partial charge in [-0.3, -0.25) is 4.79 Å². The molecule has 1 heterocycles. The van der Waals surface area contributed by atoms with Crippen LogP contribution in [-0.2, 0) is 4.79 Å². The molecule has 1 amide bonds. The summed E-state index contributed by atoms with van der Waals surface area (Å²) in [5, 5.41) is 0. The molecule has 20 heavy (non-hydrogen) atoms. The zero-order chi connectivity index (χ0) is 14.4. The molecule has 1 fully saturated rings. The van der Waals surface area contributed by atoms with Crippen LogP contribution in [0, 0.1) is 0 Å². The highest BCUT2D eigenvalue weighted by atomic mass is 16.5. The Morgan fingerprint density at radius 1 is 1.45 bits per heavy atom. The first-order valence-electron chi connectivity index (χ1n) is 7.37. The molecule has 0 radical (unpaired) electrons. The van der Waals surface area contributed by atoms with E-state index in [2.05, 4.69) is 6.92 Å². The van der Waals surface area contributed by atoms with Crippen LogP contribution in [0.25, 0.3) is 6.08 Å². The molecule has 0 spiro atoms. The molecule has 1 aromatic rings. The number of hydrogen-bond acceptors (Lipinski definition) is 2. The standard InChI is InChI=1S/C17H23NO2/c1-3-15-8-4-5-12-18(15)17(19)11-10-14-7-6-9-16(13-14)20-2/h6-7,9-11,13,15H,3-5,8,12H2,1-2H3/b11-10+. The number of carbonyl (C=O) groups excluding carboxylic acids is 1. The van der Waals surface area contributed by atoms with Gasteiger partial charge in [-0.05, 0) is 49.5 Å². The zero-order valence-corrected chi connectivity index (χ0v) is 12.3. The summed E-state index contributed by atoms with van der Waals surface area (Å²) in [6.45, 7) is 3.04. The van der Waals surface area contributed by atoms with Gasteiger partial charge in [0.1, 0.15) is 5.75 Å². The molecule has 3 heteroatoms. The summed E-state index contributed by atoms with van der Waals surface area (Å²) in [5.74, 6) is 0.934. The number of carbonyl (C=O) groups is 1. The van der Waals surface area contributed by atoms with Crippen LogP contribution in [0.15, 0.2) is 30.3 Å². The molecular formula is C17H23NO2. The molecule has 1 saturated heterocycles. The Bertz CT molecular complexity index is 482. The Hall–Kier alpha value is -1.77. The number of hydrogen-bond donors (Lipinski definition) is 0. The van der Waals surface area contributed by atoms with Gasteiger partial charge < -0.3 is 9.64 Å². The van der Waals surface area contributed by atoms with E-state index in [1.807, 2.05) is 35.2 Å². The maximum Gasteiger partial charge on any atom is 0.246 e. The minimum atomic E-state index is 0.124. The maximum atomic E-state index is 12.3. The van der Waals surface area contributed by atoms with E-state index < -0.39 is 0 Å². The second-order valence-corrected chi connectivity index (χ2v) is 5.20. The van der Waals surface area contributed by atoms with Gasteiger partial charge in [-0.25, -0.2) is 0 Å². The zero-order valence-electron chi connectivity index (χ0n) is 12.3. The van der Waals surface area contributed by atoms with Gasteiger partial charge in [-0.2, -0.15) is 0 Å². The number of ether oxygens (including phenoxy) is 1. The second kappa shape index (κ2) is 7.13. The average molecular weight is 273 g/mol. The molecule has 0 N–H and O–H groups in total. The van der Waals surface area contributed by atoms with Gasteiger partial charge in [-0.15, -0.1) is 0 Å². The monoisotopic (exact) mass is 273 g/mol. The summed E-state index contributed by atoms with van der Waals surface area (Å²) in [6.07, 6.45) is 8.08. The Morgan fingerprint density at radius 2 is 2.30 bits per heavy atom. The van der Waals surface area contributed by atoms with Gasteiger partial charge in [0.15, 0.2) is 0 Å². The van der Waals surface area contributed by atoms with Gasteiger partial charge in [0.2, 0.25) is 5.91 Å². The highest BCUT2D eigenvalue weighted by molar-refractivity contribution is 5.92. The first-order chi connectivity index (χ1) is 9.74. The first kappa shape index (κ1) is 14.6. The summed E-state index contributed by atoms with van der Waals surface area (Å²) in [7, 11) is 1.65. The third kappa shape index (κ3) is 3.62. The predicted molar refractivity (Wildman–Crippen MR) is 81.7 cm³/mol. The SMILES string of the molecule is CCC1CCCCN1C(=O)/C=C/c1cccc(OC)c1. The molecule has 108 valence electrons. The lowest BCUT2D eigenvalue weighted by Crippen LogP contribution is -2.42. The smallest absolute Gasteiger partial charge is 0.246 e. The molecule has 0 saturated carbocycles. The number of nitrogens with zero attached hydrogens (tertiary/aromatic N) is 1. The number of piperidine rings is 1. The minimum Gasteiger partial charge on any atom is -0.497 e. The van der Waals surface area contributed by atoms with Crippen LogP contribution in [-0.4, -0.2) is 30.5 Å². The molecule has 2 rings (SSSR count). The van der Waals surface area contributed by atoms with Crippen molar-refractivity contribution in [3.63, 3.8) is 0 Å². The summed E-state index contributed by atoms with van der Waals surface area (Å²) < 4.78 is 5.18. The Balaban J connectivity index is 2.03. The van der Waals surface area contributed by atoms with Gasteiger partial charge in [0.05, 0.1) is 7.11 Å². The van der Waals surface area contributed by atoms with Crippen molar-refractivity contribution in [3.8, 4) is 5.75 Å². The van der Waals surface area contributed by atoms with E-state index >= 15 is 0 Å². The maximum absolute atomic E-state index is 12.3. The third-order valence-corrected chi connectivity index (χ3v) is 3.89. The normalized spacial score (nSPS) is 19.3. The van der Waals surface area contributed by atoms with Gasteiger partial charge in [0, 0.05) is 18.7 Å². The summed E-state index contributed by atoms with van der Waals surface area (Å²) in [6, 6.07) is 8.14. The first-order valence-corrected chi connectivity index (χ1v) is 7.37. The third-order valence-electron chi connectivity index (χ3n) is 3.89. The van der Waals surface area contributed by atoms with Gasteiger partial charge >= 0.3 is 0 Å². The minimum absolute atomic E-state index is 0.124. The van der Waals surface area contributed by atoms with E-state index in [0.29, 0.717) is 6.04 Å². The van der Waals surface area contributed by atoms with Gasteiger partial charge in [-0.1, -0.05) is 19.1 Å². The van der Waals surface area contributed by atoms with Crippen LogP contribution < -0.4 is 4.74 Å². The van der Waals surface area contributed by atoms with E-state index in [1.165, 1.54) is 6.42 Å². The van der Waals surface area contributed by atoms with Crippen molar-refractivity contribution in [3.05, 3.63) is 35.9 Å². The molecule has 3 nitrogen and oxygen atoms in total. The highest BCUT2D eigenvalue weighted by Gasteiger charge is 2.23. The van der Waals surface area contributed by atoms with Crippen LogP contribution in [0.3, 0.4) is 0 Å². The fraction of sp³-hybridized carbons (Fsp3) is 0.471. The number of likely N-dealkylation sites (tertiary alicyclic amines) is 1. The van der Waals surface area contributed by atoms with Crippen molar-refractivity contribution in [2.75, 3.05) is 13.7 Å². The lowest BCUT2D eigenvalue weighted by atomic mass is 10.00. The number of amides is 1. The largest absolute Gasteiger partial charge is 0.497 e. The van der Waals surface area contributed by atoms with Crippen LogP contribution in [0.2, 0.25) is 0 Å². The molecule has 0 aromatic heterocycles. The number of benzene rings is 1. The number of rotatable bonds is 4. The molecule has 1 atom stereocenters. The molecule has 1 unspecified atom stereocenters. The van der Waals surface area contributed by atoms with Crippen LogP contribution in [0.5, 0.6) is 5.75 Å². The van der Waals surface area contributed by atoms with Crippen molar-refractivity contribution in [2.24, 2.45) is 0 Å². The van der Waals surface area contributed by atoms with E-state index in [0.717, 1.165) is 37.1 Å². The Kier molecular flexibility index (Phi) is 5.22. The second-order valence-electron chi connectivity index (χ2n) is 5.20. The van der Waals surface area contributed by atoms with Gasteiger partial charge in [0.25, 0.3) is 0 Å². The van der Waals surface area contributed by atoms with Crippen molar-refractivity contribution < 1.29 is 9.53 Å². The molecule has 1 aliphatic rings. The molecular weight excluding hydrogens is 250 g/mol. The number of methoxy groups -OCH3 is 1. The molecule has 0 bridgehead atoms. The fourth-order valence-electron chi connectivity index (χ4n) is 2.72. The summed E-state index contributed by atoms with van der Waals surface area (Å²) >= 11 is 0. The van der Waals surface area contributed by atoms with E-state index in [1.54, 1.807) is 13.2 Å². The molecule has 1 aliphatic heterocycles.